The molecule has 2 aromatic carbocycles. The highest BCUT2D eigenvalue weighted by Gasteiger charge is 2.11. The first-order valence-electron chi connectivity index (χ1n) is 8.54. The number of aryl methyl sites for hydroxylation is 4. The molecule has 0 atom stereocenters. The zero-order chi connectivity index (χ0) is 18.7. The van der Waals surface area contributed by atoms with Crippen molar-refractivity contribution in [2.24, 2.45) is 0 Å². The Bertz CT molecular complexity index is 926. The van der Waals surface area contributed by atoms with E-state index in [1.54, 1.807) is 6.20 Å². The third-order valence-corrected chi connectivity index (χ3v) is 5.02. The molecular weight excluding hydrogens is 342 g/mol. The SMILES string of the molecule is Cc1cc(C)cc(NC(=O)CSc2nccn2-c2ccc(C)cc2C)c1. The van der Waals surface area contributed by atoms with Crippen LogP contribution in [0.3, 0.4) is 0 Å². The Morgan fingerprint density at radius 1 is 1.04 bits per heavy atom. The van der Waals surface area contributed by atoms with Crippen LogP contribution < -0.4 is 5.32 Å². The minimum absolute atomic E-state index is 0.0322. The van der Waals surface area contributed by atoms with Gasteiger partial charge in [-0.15, -0.1) is 0 Å². The summed E-state index contributed by atoms with van der Waals surface area (Å²) >= 11 is 1.44. The van der Waals surface area contributed by atoms with Crippen molar-refractivity contribution in [3.63, 3.8) is 0 Å². The lowest BCUT2D eigenvalue weighted by Crippen LogP contribution is -2.14. The molecule has 0 saturated heterocycles. The summed E-state index contributed by atoms with van der Waals surface area (Å²) in [6, 6.07) is 12.4. The van der Waals surface area contributed by atoms with Crippen LogP contribution >= 0.6 is 11.8 Å². The second kappa shape index (κ2) is 7.79. The number of hydrogen-bond acceptors (Lipinski definition) is 3. The van der Waals surface area contributed by atoms with E-state index >= 15 is 0 Å². The quantitative estimate of drug-likeness (QED) is 0.658. The molecule has 3 aromatic rings. The number of anilines is 1. The lowest BCUT2D eigenvalue weighted by atomic mass is 10.1. The van der Waals surface area contributed by atoms with Gasteiger partial charge in [0, 0.05) is 18.1 Å². The van der Waals surface area contributed by atoms with Crippen LogP contribution in [-0.2, 0) is 4.79 Å². The lowest BCUT2D eigenvalue weighted by molar-refractivity contribution is -0.113. The zero-order valence-electron chi connectivity index (χ0n) is 15.5. The van der Waals surface area contributed by atoms with E-state index in [1.165, 1.54) is 22.9 Å². The van der Waals surface area contributed by atoms with Crippen molar-refractivity contribution in [1.29, 1.82) is 0 Å². The normalized spacial score (nSPS) is 10.8. The van der Waals surface area contributed by atoms with Crippen molar-refractivity contribution in [1.82, 2.24) is 9.55 Å². The molecule has 1 N–H and O–H groups in total. The molecule has 0 radical (unpaired) electrons. The number of nitrogens with one attached hydrogen (secondary N) is 1. The molecule has 0 bridgehead atoms. The first kappa shape index (κ1) is 18.3. The highest BCUT2D eigenvalue weighted by atomic mass is 32.2. The Labute approximate surface area is 158 Å². The fourth-order valence-electron chi connectivity index (χ4n) is 3.03. The summed E-state index contributed by atoms with van der Waals surface area (Å²) in [5, 5.41) is 3.78. The number of benzene rings is 2. The van der Waals surface area contributed by atoms with Gasteiger partial charge < -0.3 is 5.32 Å². The fraction of sp³-hybridized carbons (Fsp3) is 0.238. The summed E-state index contributed by atoms with van der Waals surface area (Å²) in [6.07, 6.45) is 3.70. The third kappa shape index (κ3) is 4.35. The average Bonchev–Trinajstić information content (AvgIpc) is 3.00. The molecule has 1 amide bonds. The number of carbonyl (C=O) groups excluding carboxylic acids is 1. The van der Waals surface area contributed by atoms with Gasteiger partial charge in [0.15, 0.2) is 5.16 Å². The molecule has 0 fully saturated rings. The molecule has 4 nitrogen and oxygen atoms in total. The molecule has 134 valence electrons. The molecule has 5 heteroatoms. The molecule has 0 unspecified atom stereocenters. The van der Waals surface area contributed by atoms with Crippen LogP contribution in [0.1, 0.15) is 22.3 Å². The monoisotopic (exact) mass is 365 g/mol. The van der Waals surface area contributed by atoms with Gasteiger partial charge in [-0.3, -0.25) is 9.36 Å². The minimum Gasteiger partial charge on any atom is -0.325 e. The molecule has 26 heavy (non-hydrogen) atoms. The van der Waals surface area contributed by atoms with Gasteiger partial charge in [-0.2, -0.15) is 0 Å². The van der Waals surface area contributed by atoms with Crippen molar-refractivity contribution in [3.8, 4) is 5.69 Å². The van der Waals surface area contributed by atoms with E-state index in [0.29, 0.717) is 5.75 Å². The Hall–Kier alpha value is -2.53. The van der Waals surface area contributed by atoms with Gasteiger partial charge in [-0.25, -0.2) is 4.98 Å². The third-order valence-electron chi connectivity index (χ3n) is 4.06. The maximum absolute atomic E-state index is 12.3. The number of rotatable bonds is 5. The van der Waals surface area contributed by atoms with Gasteiger partial charge in [-0.05, 0) is 62.6 Å². The van der Waals surface area contributed by atoms with Gasteiger partial charge in [-0.1, -0.05) is 35.5 Å². The maximum atomic E-state index is 12.3. The first-order valence-corrected chi connectivity index (χ1v) is 9.53. The zero-order valence-corrected chi connectivity index (χ0v) is 16.4. The molecule has 0 aliphatic heterocycles. The summed E-state index contributed by atoms with van der Waals surface area (Å²) in [5.74, 6) is 0.282. The van der Waals surface area contributed by atoms with Crippen LogP contribution in [0.2, 0.25) is 0 Å². The molecular formula is C21H23N3OS. The largest absolute Gasteiger partial charge is 0.325 e. The minimum atomic E-state index is -0.0322. The Balaban J connectivity index is 1.69. The van der Waals surface area contributed by atoms with E-state index in [2.05, 4.69) is 48.4 Å². The van der Waals surface area contributed by atoms with Crippen molar-refractivity contribution in [2.45, 2.75) is 32.9 Å². The maximum Gasteiger partial charge on any atom is 0.234 e. The number of amides is 1. The van der Waals surface area contributed by atoms with Gasteiger partial charge in [0.2, 0.25) is 5.91 Å². The summed E-state index contributed by atoms with van der Waals surface area (Å²) < 4.78 is 2.03. The van der Waals surface area contributed by atoms with Crippen LogP contribution in [0.4, 0.5) is 5.69 Å². The summed E-state index contributed by atoms with van der Waals surface area (Å²) in [4.78, 5) is 16.7. The van der Waals surface area contributed by atoms with E-state index in [-0.39, 0.29) is 5.91 Å². The van der Waals surface area contributed by atoms with Crippen molar-refractivity contribution in [3.05, 3.63) is 71.0 Å². The Morgan fingerprint density at radius 3 is 2.46 bits per heavy atom. The van der Waals surface area contributed by atoms with E-state index in [9.17, 15) is 4.79 Å². The van der Waals surface area contributed by atoms with Crippen LogP contribution in [0, 0.1) is 27.7 Å². The number of carbonyl (C=O) groups is 1. The topological polar surface area (TPSA) is 46.9 Å². The predicted octanol–water partition coefficient (Wildman–Crippen LogP) is 4.84. The number of thioether (sulfide) groups is 1. The molecule has 0 aliphatic rings. The molecule has 0 saturated carbocycles. The highest BCUT2D eigenvalue weighted by Crippen LogP contribution is 2.23. The average molecular weight is 366 g/mol. The molecule has 3 rings (SSSR count). The number of imidazole rings is 1. The highest BCUT2D eigenvalue weighted by molar-refractivity contribution is 7.99. The lowest BCUT2D eigenvalue weighted by Gasteiger charge is -2.11. The van der Waals surface area contributed by atoms with Crippen LogP contribution in [0.5, 0.6) is 0 Å². The standard InChI is InChI=1S/C21H23N3OS/c1-14-5-6-19(17(4)10-14)24-8-7-22-21(24)26-13-20(25)23-18-11-15(2)9-16(3)12-18/h5-12H,13H2,1-4H3,(H,23,25). The number of hydrogen-bond donors (Lipinski definition) is 1. The van der Waals surface area contributed by atoms with Gasteiger partial charge >= 0.3 is 0 Å². The van der Waals surface area contributed by atoms with E-state index in [4.69, 9.17) is 0 Å². The first-order chi connectivity index (χ1) is 12.4. The summed E-state index contributed by atoms with van der Waals surface area (Å²) in [7, 11) is 0. The van der Waals surface area contributed by atoms with Crippen LogP contribution in [-0.4, -0.2) is 21.2 Å². The Morgan fingerprint density at radius 2 is 1.77 bits per heavy atom. The fourth-order valence-corrected chi connectivity index (χ4v) is 3.80. The van der Waals surface area contributed by atoms with Gasteiger partial charge in [0.1, 0.15) is 0 Å². The smallest absolute Gasteiger partial charge is 0.234 e. The molecule has 0 aliphatic carbocycles. The number of nitrogens with zero attached hydrogens (tertiary/aromatic N) is 2. The van der Waals surface area contributed by atoms with E-state index in [0.717, 1.165) is 27.7 Å². The van der Waals surface area contributed by atoms with Crippen molar-refractivity contribution < 1.29 is 4.79 Å². The van der Waals surface area contributed by atoms with Crippen LogP contribution in [0.15, 0.2) is 53.9 Å². The second-order valence-corrected chi connectivity index (χ2v) is 7.53. The summed E-state index contributed by atoms with van der Waals surface area (Å²) in [5.41, 5.74) is 6.62. The number of aromatic nitrogens is 2. The van der Waals surface area contributed by atoms with E-state index < -0.39 is 0 Å². The summed E-state index contributed by atoms with van der Waals surface area (Å²) in [6.45, 7) is 8.22. The van der Waals surface area contributed by atoms with Crippen LogP contribution in [0.25, 0.3) is 5.69 Å². The second-order valence-electron chi connectivity index (χ2n) is 6.58. The van der Waals surface area contributed by atoms with Gasteiger partial charge in [0.25, 0.3) is 0 Å². The Kier molecular flexibility index (Phi) is 5.47. The van der Waals surface area contributed by atoms with E-state index in [1.807, 2.05) is 36.7 Å². The molecule has 0 spiro atoms. The molecule has 1 aromatic heterocycles. The molecule has 1 heterocycles. The van der Waals surface area contributed by atoms with Gasteiger partial charge in [0.05, 0.1) is 11.4 Å². The van der Waals surface area contributed by atoms with Crippen molar-refractivity contribution >= 4 is 23.4 Å². The predicted molar refractivity (Wildman–Crippen MR) is 108 cm³/mol. The van der Waals surface area contributed by atoms with Crippen molar-refractivity contribution in [2.75, 3.05) is 11.1 Å².